The molecule has 0 atom stereocenters. The molecule has 0 aliphatic heterocycles. The average Bonchev–Trinajstić information content (AvgIpc) is 2.51. The molecule has 0 saturated carbocycles. The van der Waals surface area contributed by atoms with Gasteiger partial charge in [-0.1, -0.05) is 18.2 Å². The minimum Gasteiger partial charge on any atom is -0.481 e. The van der Waals surface area contributed by atoms with Crippen LogP contribution in [0.25, 0.3) is 0 Å². The highest BCUT2D eigenvalue weighted by Crippen LogP contribution is 2.15. The maximum absolute atomic E-state index is 10.8. The summed E-state index contributed by atoms with van der Waals surface area (Å²) in [5, 5.41) is 8.90. The first kappa shape index (κ1) is 18.7. The second-order valence-corrected chi connectivity index (χ2v) is 7.05. The number of nitrogens with zero attached hydrogens (tertiary/aromatic N) is 1. The van der Waals surface area contributed by atoms with Gasteiger partial charge in [-0.3, -0.25) is 4.79 Å². The summed E-state index contributed by atoms with van der Waals surface area (Å²) < 4.78 is 11.3. The van der Waals surface area contributed by atoms with E-state index in [0.29, 0.717) is 19.8 Å². The zero-order valence-corrected chi connectivity index (χ0v) is 14.7. The summed E-state index contributed by atoms with van der Waals surface area (Å²) in [4.78, 5) is 13.0. The molecule has 0 radical (unpaired) electrons. The van der Waals surface area contributed by atoms with Crippen LogP contribution in [0.2, 0.25) is 6.04 Å². The lowest BCUT2D eigenvalue weighted by molar-refractivity contribution is -0.136. The molecule has 0 amide bonds. The standard InChI is InChI=1S/C16H27NO4Si/c1-3-20-22(21-4-2)14-8-12-17(13-11-16(18)19)15-9-6-5-7-10-15/h5-7,9-10,22H,3-4,8,11-14H2,1-2H3,(H,18,19). The Balaban J connectivity index is 2.51. The van der Waals surface area contributed by atoms with E-state index in [9.17, 15) is 4.79 Å². The number of carbonyl (C=O) groups is 1. The third-order valence-electron chi connectivity index (χ3n) is 3.29. The highest BCUT2D eigenvalue weighted by atomic mass is 28.3. The summed E-state index contributed by atoms with van der Waals surface area (Å²) in [6.45, 7) is 6.71. The lowest BCUT2D eigenvalue weighted by atomic mass is 10.2. The predicted molar refractivity (Wildman–Crippen MR) is 90.7 cm³/mol. The lowest BCUT2D eigenvalue weighted by Gasteiger charge is -2.25. The largest absolute Gasteiger partial charge is 0.481 e. The van der Waals surface area contributed by atoms with E-state index >= 15 is 0 Å². The fourth-order valence-electron chi connectivity index (χ4n) is 2.27. The van der Waals surface area contributed by atoms with Crippen molar-refractivity contribution >= 4 is 20.9 Å². The number of rotatable bonds is 12. The minimum atomic E-state index is -1.57. The van der Waals surface area contributed by atoms with Crippen molar-refractivity contribution in [2.45, 2.75) is 32.7 Å². The molecule has 0 aromatic heterocycles. The Bertz CT molecular complexity index is 410. The Morgan fingerprint density at radius 2 is 1.77 bits per heavy atom. The Kier molecular flexibility index (Phi) is 9.53. The van der Waals surface area contributed by atoms with Crippen LogP contribution in [-0.4, -0.2) is 46.7 Å². The van der Waals surface area contributed by atoms with Crippen molar-refractivity contribution in [1.29, 1.82) is 0 Å². The van der Waals surface area contributed by atoms with E-state index < -0.39 is 15.3 Å². The molecular weight excluding hydrogens is 298 g/mol. The van der Waals surface area contributed by atoms with Crippen LogP contribution in [0.3, 0.4) is 0 Å². The molecule has 1 rings (SSSR count). The Hall–Kier alpha value is -1.37. The third kappa shape index (κ3) is 7.58. The molecule has 1 N–H and O–H groups in total. The third-order valence-corrected chi connectivity index (χ3v) is 5.58. The zero-order chi connectivity index (χ0) is 16.2. The summed E-state index contributed by atoms with van der Waals surface area (Å²) in [5.41, 5.74) is 1.06. The smallest absolute Gasteiger partial charge is 0.321 e. The molecule has 0 bridgehead atoms. The van der Waals surface area contributed by atoms with E-state index in [1.54, 1.807) is 0 Å². The molecule has 0 aliphatic rings. The van der Waals surface area contributed by atoms with Crippen LogP contribution in [0.5, 0.6) is 0 Å². The molecule has 1 aromatic rings. The first-order chi connectivity index (χ1) is 10.7. The van der Waals surface area contributed by atoms with Gasteiger partial charge >= 0.3 is 15.3 Å². The fourth-order valence-corrected chi connectivity index (χ4v) is 3.96. The van der Waals surface area contributed by atoms with Gasteiger partial charge < -0.3 is 18.9 Å². The lowest BCUT2D eigenvalue weighted by Crippen LogP contribution is -2.29. The van der Waals surface area contributed by atoms with Gasteiger partial charge in [0.1, 0.15) is 0 Å². The Labute approximate surface area is 134 Å². The fraction of sp³-hybridized carbons (Fsp3) is 0.562. The number of anilines is 1. The van der Waals surface area contributed by atoms with Crippen molar-refractivity contribution in [2.24, 2.45) is 0 Å². The van der Waals surface area contributed by atoms with Gasteiger partial charge in [-0.15, -0.1) is 0 Å². The van der Waals surface area contributed by atoms with Crippen molar-refractivity contribution in [3.05, 3.63) is 30.3 Å². The molecule has 22 heavy (non-hydrogen) atoms. The second kappa shape index (κ2) is 11.2. The maximum Gasteiger partial charge on any atom is 0.321 e. The van der Waals surface area contributed by atoms with E-state index in [4.69, 9.17) is 14.0 Å². The quantitative estimate of drug-likeness (QED) is 0.599. The number of hydrogen-bond donors (Lipinski definition) is 1. The molecule has 124 valence electrons. The van der Waals surface area contributed by atoms with Crippen molar-refractivity contribution in [3.8, 4) is 0 Å². The van der Waals surface area contributed by atoms with Gasteiger partial charge in [0.25, 0.3) is 0 Å². The average molecular weight is 325 g/mol. The number of hydrogen-bond acceptors (Lipinski definition) is 4. The van der Waals surface area contributed by atoms with Crippen LogP contribution in [0.1, 0.15) is 26.7 Å². The Morgan fingerprint density at radius 1 is 1.14 bits per heavy atom. The van der Waals surface area contributed by atoms with Gasteiger partial charge in [0.05, 0.1) is 6.42 Å². The molecular formula is C16H27NO4Si. The molecule has 0 saturated heterocycles. The molecule has 1 aromatic carbocycles. The number of benzene rings is 1. The summed E-state index contributed by atoms with van der Waals surface area (Å²) in [7, 11) is -1.57. The monoisotopic (exact) mass is 325 g/mol. The van der Waals surface area contributed by atoms with E-state index in [1.165, 1.54) is 0 Å². The van der Waals surface area contributed by atoms with E-state index in [1.807, 2.05) is 44.2 Å². The number of carboxylic acid groups (broad SMARTS) is 1. The first-order valence-electron chi connectivity index (χ1n) is 7.92. The zero-order valence-electron chi connectivity index (χ0n) is 13.5. The minimum absolute atomic E-state index is 0.146. The van der Waals surface area contributed by atoms with Crippen molar-refractivity contribution in [1.82, 2.24) is 0 Å². The van der Waals surface area contributed by atoms with Gasteiger partial charge in [0, 0.05) is 32.0 Å². The molecule has 0 aliphatic carbocycles. The van der Waals surface area contributed by atoms with Crippen molar-refractivity contribution in [2.75, 3.05) is 31.2 Å². The van der Waals surface area contributed by atoms with Crippen LogP contribution in [0.4, 0.5) is 5.69 Å². The van der Waals surface area contributed by atoms with Crippen molar-refractivity contribution in [3.63, 3.8) is 0 Å². The number of aliphatic carboxylic acids is 1. The van der Waals surface area contributed by atoms with Gasteiger partial charge in [-0.25, -0.2) is 0 Å². The van der Waals surface area contributed by atoms with Crippen LogP contribution < -0.4 is 4.90 Å². The maximum atomic E-state index is 10.8. The SMILES string of the molecule is CCO[SiH](CCCN(CCC(=O)O)c1ccccc1)OCC. The van der Waals surface area contributed by atoms with Crippen LogP contribution in [0.15, 0.2) is 30.3 Å². The summed E-state index contributed by atoms with van der Waals surface area (Å²) in [6, 6.07) is 10.9. The Morgan fingerprint density at radius 3 is 2.32 bits per heavy atom. The molecule has 0 spiro atoms. The molecule has 5 nitrogen and oxygen atoms in total. The highest BCUT2D eigenvalue weighted by Gasteiger charge is 2.14. The highest BCUT2D eigenvalue weighted by molar-refractivity contribution is 6.44. The molecule has 6 heteroatoms. The van der Waals surface area contributed by atoms with Crippen LogP contribution in [-0.2, 0) is 13.6 Å². The van der Waals surface area contributed by atoms with Crippen LogP contribution >= 0.6 is 0 Å². The van der Waals surface area contributed by atoms with Crippen LogP contribution in [0, 0.1) is 0 Å². The topological polar surface area (TPSA) is 59.0 Å². The molecule has 0 fully saturated rings. The second-order valence-electron chi connectivity index (χ2n) is 4.95. The van der Waals surface area contributed by atoms with Gasteiger partial charge in [-0.05, 0) is 38.4 Å². The summed E-state index contributed by atoms with van der Waals surface area (Å²) >= 11 is 0. The normalized spacial score (nSPS) is 10.9. The van der Waals surface area contributed by atoms with E-state index in [2.05, 4.69) is 4.90 Å². The van der Waals surface area contributed by atoms with E-state index in [0.717, 1.165) is 24.7 Å². The summed E-state index contributed by atoms with van der Waals surface area (Å²) in [6.07, 6.45) is 1.10. The first-order valence-corrected chi connectivity index (χ1v) is 9.68. The molecule has 0 heterocycles. The molecule has 0 unspecified atom stereocenters. The number of carboxylic acids is 1. The summed E-state index contributed by atoms with van der Waals surface area (Å²) in [5.74, 6) is -0.767. The van der Waals surface area contributed by atoms with Gasteiger partial charge in [0.2, 0.25) is 0 Å². The predicted octanol–water partition coefficient (Wildman–Crippen LogP) is 2.65. The van der Waals surface area contributed by atoms with Gasteiger partial charge in [-0.2, -0.15) is 0 Å². The number of para-hydroxylation sites is 1. The van der Waals surface area contributed by atoms with Gasteiger partial charge in [0.15, 0.2) is 0 Å². The van der Waals surface area contributed by atoms with Crippen molar-refractivity contribution < 1.29 is 18.8 Å². The van der Waals surface area contributed by atoms with E-state index in [-0.39, 0.29) is 6.42 Å².